The first-order chi connectivity index (χ1) is 8.99. The molecule has 2 unspecified atom stereocenters. The van der Waals surface area contributed by atoms with E-state index in [9.17, 15) is 14.4 Å². The Balaban J connectivity index is 1.93. The summed E-state index contributed by atoms with van der Waals surface area (Å²) >= 11 is 0. The van der Waals surface area contributed by atoms with Gasteiger partial charge < -0.3 is 21.1 Å². The van der Waals surface area contributed by atoms with Crippen LogP contribution in [-0.4, -0.2) is 41.5 Å². The minimum atomic E-state index is -0.779. The number of hydrogen-bond donors (Lipinski definition) is 2. The van der Waals surface area contributed by atoms with Crippen LogP contribution in [0, 0.1) is 5.92 Å². The van der Waals surface area contributed by atoms with Gasteiger partial charge in [-0.25, -0.2) is 4.79 Å². The number of ether oxygens (including phenoxy) is 1. The minimum absolute atomic E-state index is 0.0466. The number of hydrogen-bond acceptors (Lipinski definition) is 4. The summed E-state index contributed by atoms with van der Waals surface area (Å²) in [6.07, 6.45) is 3.53. The lowest BCUT2D eigenvalue weighted by Crippen LogP contribution is -2.46. The minimum Gasteiger partial charge on any atom is -0.460 e. The Morgan fingerprint density at radius 3 is 2.21 bits per heavy atom. The van der Waals surface area contributed by atoms with Gasteiger partial charge in [0, 0.05) is 6.42 Å². The summed E-state index contributed by atoms with van der Waals surface area (Å²) in [4.78, 5) is 35.5. The molecule has 7 heteroatoms. The molecule has 1 aliphatic carbocycles. The second-order valence-electron chi connectivity index (χ2n) is 5.18. The maximum Gasteiger partial charge on any atom is 0.315 e. The van der Waals surface area contributed by atoms with E-state index in [0.717, 1.165) is 30.6 Å². The predicted molar refractivity (Wildman–Crippen MR) is 65.7 cm³/mol. The van der Waals surface area contributed by atoms with Gasteiger partial charge in [0.05, 0.1) is 12.5 Å². The van der Waals surface area contributed by atoms with E-state index in [1.807, 2.05) is 0 Å². The number of carbonyl (C=O) groups excluding carboxylic acids is 3. The highest BCUT2D eigenvalue weighted by Gasteiger charge is 2.40. The van der Waals surface area contributed by atoms with Crippen LogP contribution in [0.15, 0.2) is 0 Å². The number of carbonyl (C=O) groups is 3. The maximum absolute atomic E-state index is 11.9. The highest BCUT2D eigenvalue weighted by Crippen LogP contribution is 2.28. The fourth-order valence-electron chi connectivity index (χ4n) is 2.82. The summed E-state index contributed by atoms with van der Waals surface area (Å²) in [5.41, 5.74) is 10.4. The molecule has 1 saturated heterocycles. The lowest BCUT2D eigenvalue weighted by atomic mass is 10.1. The van der Waals surface area contributed by atoms with E-state index in [4.69, 9.17) is 16.2 Å². The van der Waals surface area contributed by atoms with Crippen LogP contribution in [-0.2, 0) is 14.3 Å². The molecule has 106 valence electrons. The monoisotopic (exact) mass is 269 g/mol. The molecule has 0 aromatic heterocycles. The van der Waals surface area contributed by atoms with Crippen molar-refractivity contribution < 1.29 is 19.1 Å². The SMILES string of the molecule is NC(=O)C1CC(OC(=O)C2CCCC2)CN1C(N)=O. The summed E-state index contributed by atoms with van der Waals surface area (Å²) in [7, 11) is 0. The lowest BCUT2D eigenvalue weighted by molar-refractivity contribution is -0.153. The number of urea groups is 1. The number of nitrogens with zero attached hydrogens (tertiary/aromatic N) is 1. The molecule has 2 fully saturated rings. The number of primary amides is 2. The standard InChI is InChI=1S/C12H19N3O4/c13-10(16)9-5-8(6-15(9)12(14)18)19-11(17)7-3-1-2-4-7/h7-9H,1-6H2,(H2,13,16)(H2,14,18). The topological polar surface area (TPSA) is 116 Å². The van der Waals surface area contributed by atoms with Crippen molar-refractivity contribution in [2.45, 2.75) is 44.2 Å². The van der Waals surface area contributed by atoms with Crippen LogP contribution in [0.4, 0.5) is 4.79 Å². The number of likely N-dealkylation sites (tertiary alicyclic amines) is 1. The fourth-order valence-corrected chi connectivity index (χ4v) is 2.82. The van der Waals surface area contributed by atoms with Crippen LogP contribution in [0.1, 0.15) is 32.1 Å². The smallest absolute Gasteiger partial charge is 0.315 e. The van der Waals surface area contributed by atoms with E-state index in [-0.39, 0.29) is 24.9 Å². The van der Waals surface area contributed by atoms with Gasteiger partial charge in [-0.3, -0.25) is 9.59 Å². The van der Waals surface area contributed by atoms with Crippen molar-refractivity contribution in [1.29, 1.82) is 0 Å². The normalized spacial score (nSPS) is 27.5. The zero-order chi connectivity index (χ0) is 14.0. The van der Waals surface area contributed by atoms with Crippen molar-refractivity contribution in [3.63, 3.8) is 0 Å². The van der Waals surface area contributed by atoms with Crippen molar-refractivity contribution >= 4 is 17.9 Å². The molecule has 1 heterocycles. The maximum atomic E-state index is 11.9. The van der Waals surface area contributed by atoms with Gasteiger partial charge in [-0.1, -0.05) is 12.8 Å². The summed E-state index contributed by atoms with van der Waals surface area (Å²) in [5.74, 6) is -0.912. The quantitative estimate of drug-likeness (QED) is 0.686. The van der Waals surface area contributed by atoms with Crippen molar-refractivity contribution in [3.05, 3.63) is 0 Å². The molecule has 0 spiro atoms. The summed E-state index contributed by atoms with van der Waals surface area (Å²) in [6, 6.07) is -1.50. The van der Waals surface area contributed by atoms with Crippen molar-refractivity contribution in [2.24, 2.45) is 17.4 Å². The van der Waals surface area contributed by atoms with Crippen LogP contribution in [0.2, 0.25) is 0 Å². The number of esters is 1. The molecule has 0 aromatic carbocycles. The second kappa shape index (κ2) is 5.46. The molecule has 4 N–H and O–H groups in total. The highest BCUT2D eigenvalue weighted by atomic mass is 16.5. The Hall–Kier alpha value is -1.79. The summed E-state index contributed by atoms with van der Waals surface area (Å²) in [6.45, 7) is 0.140. The molecule has 0 radical (unpaired) electrons. The van der Waals surface area contributed by atoms with Crippen LogP contribution >= 0.6 is 0 Å². The van der Waals surface area contributed by atoms with Gasteiger partial charge in [-0.05, 0) is 12.8 Å². The van der Waals surface area contributed by atoms with Gasteiger partial charge in [0.1, 0.15) is 12.1 Å². The predicted octanol–water partition coefficient (Wildman–Crippen LogP) is -0.273. The third-order valence-corrected chi connectivity index (χ3v) is 3.85. The van der Waals surface area contributed by atoms with E-state index in [1.54, 1.807) is 0 Å². The van der Waals surface area contributed by atoms with Gasteiger partial charge >= 0.3 is 12.0 Å². The molecular weight excluding hydrogens is 250 g/mol. The van der Waals surface area contributed by atoms with Gasteiger partial charge in [-0.15, -0.1) is 0 Å². The third-order valence-electron chi connectivity index (χ3n) is 3.85. The number of nitrogens with two attached hydrogens (primary N) is 2. The Morgan fingerprint density at radius 1 is 1.11 bits per heavy atom. The molecule has 2 aliphatic rings. The molecule has 1 saturated carbocycles. The van der Waals surface area contributed by atoms with Gasteiger partial charge in [-0.2, -0.15) is 0 Å². The first kappa shape index (κ1) is 13.6. The van der Waals surface area contributed by atoms with Gasteiger partial charge in [0.2, 0.25) is 5.91 Å². The number of rotatable bonds is 3. The Labute approximate surface area is 111 Å². The average molecular weight is 269 g/mol. The molecule has 0 aromatic rings. The van der Waals surface area contributed by atoms with Crippen molar-refractivity contribution in [3.8, 4) is 0 Å². The van der Waals surface area contributed by atoms with E-state index >= 15 is 0 Å². The van der Waals surface area contributed by atoms with Gasteiger partial charge in [0.25, 0.3) is 0 Å². The van der Waals surface area contributed by atoms with Crippen LogP contribution in [0.25, 0.3) is 0 Å². The second-order valence-corrected chi connectivity index (χ2v) is 5.18. The van der Waals surface area contributed by atoms with E-state index < -0.39 is 24.1 Å². The first-order valence-corrected chi connectivity index (χ1v) is 6.55. The lowest BCUT2D eigenvalue weighted by Gasteiger charge is -2.18. The molecule has 19 heavy (non-hydrogen) atoms. The first-order valence-electron chi connectivity index (χ1n) is 6.55. The Morgan fingerprint density at radius 2 is 1.74 bits per heavy atom. The van der Waals surface area contributed by atoms with Crippen LogP contribution in [0.3, 0.4) is 0 Å². The largest absolute Gasteiger partial charge is 0.460 e. The zero-order valence-electron chi connectivity index (χ0n) is 10.7. The molecule has 2 rings (SSSR count). The van der Waals surface area contributed by atoms with Crippen molar-refractivity contribution in [2.75, 3.05) is 6.54 Å². The molecule has 7 nitrogen and oxygen atoms in total. The van der Waals surface area contributed by atoms with Crippen LogP contribution in [0.5, 0.6) is 0 Å². The van der Waals surface area contributed by atoms with E-state index in [2.05, 4.69) is 0 Å². The van der Waals surface area contributed by atoms with E-state index in [1.165, 1.54) is 0 Å². The molecule has 0 bridgehead atoms. The van der Waals surface area contributed by atoms with Gasteiger partial charge in [0.15, 0.2) is 0 Å². The number of amides is 3. The summed E-state index contributed by atoms with van der Waals surface area (Å²) < 4.78 is 5.36. The van der Waals surface area contributed by atoms with Crippen molar-refractivity contribution in [1.82, 2.24) is 4.90 Å². The Kier molecular flexibility index (Phi) is 3.92. The van der Waals surface area contributed by atoms with Crippen LogP contribution < -0.4 is 11.5 Å². The molecule has 2 atom stereocenters. The molecular formula is C12H19N3O4. The average Bonchev–Trinajstić information content (AvgIpc) is 2.97. The molecule has 3 amide bonds. The zero-order valence-corrected chi connectivity index (χ0v) is 10.7. The Bertz CT molecular complexity index is 370. The van der Waals surface area contributed by atoms with E-state index in [0.29, 0.717) is 0 Å². The summed E-state index contributed by atoms with van der Waals surface area (Å²) in [5, 5.41) is 0. The fraction of sp³-hybridized carbons (Fsp3) is 0.750. The molecule has 1 aliphatic heterocycles. The third kappa shape index (κ3) is 2.97. The highest BCUT2D eigenvalue weighted by molar-refractivity contribution is 5.86.